The number of carbonyl (C=O) groups excluding carboxylic acids is 3. The van der Waals surface area contributed by atoms with E-state index in [1.165, 1.54) is 0 Å². The Balaban J connectivity index is 1.82. The van der Waals surface area contributed by atoms with E-state index in [2.05, 4.69) is 16.0 Å². The average molecular weight is 318 g/mol. The molecule has 0 aromatic heterocycles. The summed E-state index contributed by atoms with van der Waals surface area (Å²) in [5.74, 6) is -1.34. The SMILES string of the molecule is NC(=O)[C@H](CC(=O)NCc1ccccc1)NC(=O)[C@@H]1CCCN1. The molecule has 1 fully saturated rings. The molecule has 3 amide bonds. The second-order valence-corrected chi connectivity index (χ2v) is 5.58. The lowest BCUT2D eigenvalue weighted by Gasteiger charge is -2.18. The largest absolute Gasteiger partial charge is 0.368 e. The topological polar surface area (TPSA) is 113 Å². The third-order valence-corrected chi connectivity index (χ3v) is 3.76. The maximum Gasteiger partial charge on any atom is 0.240 e. The smallest absolute Gasteiger partial charge is 0.240 e. The van der Waals surface area contributed by atoms with Gasteiger partial charge >= 0.3 is 0 Å². The summed E-state index contributed by atoms with van der Waals surface area (Å²) in [6.07, 6.45) is 1.47. The summed E-state index contributed by atoms with van der Waals surface area (Å²) >= 11 is 0. The third kappa shape index (κ3) is 5.37. The molecule has 2 atom stereocenters. The maximum atomic E-state index is 12.0. The van der Waals surface area contributed by atoms with Crippen molar-refractivity contribution in [1.29, 1.82) is 0 Å². The molecule has 1 aromatic rings. The average Bonchev–Trinajstić information content (AvgIpc) is 3.07. The van der Waals surface area contributed by atoms with Crippen LogP contribution in [0.1, 0.15) is 24.8 Å². The Bertz CT molecular complexity index is 556. The summed E-state index contributed by atoms with van der Waals surface area (Å²) in [6.45, 7) is 1.14. The van der Waals surface area contributed by atoms with Crippen LogP contribution in [-0.2, 0) is 20.9 Å². The van der Waals surface area contributed by atoms with Gasteiger partial charge in [0.15, 0.2) is 0 Å². The Morgan fingerprint density at radius 1 is 1.26 bits per heavy atom. The summed E-state index contributed by atoms with van der Waals surface area (Å²) in [5.41, 5.74) is 6.24. The lowest BCUT2D eigenvalue weighted by Crippen LogP contribution is -2.51. The summed E-state index contributed by atoms with van der Waals surface area (Å²) in [4.78, 5) is 35.4. The van der Waals surface area contributed by atoms with Gasteiger partial charge in [0.05, 0.1) is 12.5 Å². The van der Waals surface area contributed by atoms with Crippen molar-refractivity contribution in [3.63, 3.8) is 0 Å². The number of nitrogens with one attached hydrogen (secondary N) is 3. The molecule has 124 valence electrons. The van der Waals surface area contributed by atoms with Crippen LogP contribution >= 0.6 is 0 Å². The van der Waals surface area contributed by atoms with E-state index in [9.17, 15) is 14.4 Å². The molecule has 0 spiro atoms. The van der Waals surface area contributed by atoms with Gasteiger partial charge in [0.25, 0.3) is 0 Å². The predicted molar refractivity (Wildman–Crippen MR) is 85.1 cm³/mol. The van der Waals surface area contributed by atoms with Gasteiger partial charge in [-0.1, -0.05) is 30.3 Å². The van der Waals surface area contributed by atoms with E-state index < -0.39 is 11.9 Å². The molecule has 5 N–H and O–H groups in total. The minimum atomic E-state index is -0.999. The number of primary amides is 1. The second-order valence-electron chi connectivity index (χ2n) is 5.58. The lowest BCUT2D eigenvalue weighted by atomic mass is 10.1. The van der Waals surface area contributed by atoms with Crippen LogP contribution in [0, 0.1) is 0 Å². The number of rotatable bonds is 7. The summed E-state index contributed by atoms with van der Waals surface area (Å²) < 4.78 is 0. The van der Waals surface area contributed by atoms with Gasteiger partial charge in [-0.05, 0) is 24.9 Å². The van der Waals surface area contributed by atoms with E-state index in [0.29, 0.717) is 6.54 Å². The zero-order chi connectivity index (χ0) is 16.7. The van der Waals surface area contributed by atoms with Crippen molar-refractivity contribution in [2.24, 2.45) is 5.73 Å². The molecule has 2 rings (SSSR count). The third-order valence-electron chi connectivity index (χ3n) is 3.76. The molecule has 7 nitrogen and oxygen atoms in total. The van der Waals surface area contributed by atoms with Crippen LogP contribution in [0.15, 0.2) is 30.3 Å². The van der Waals surface area contributed by atoms with Crippen LogP contribution in [0.4, 0.5) is 0 Å². The minimum Gasteiger partial charge on any atom is -0.368 e. The zero-order valence-corrected chi connectivity index (χ0v) is 12.9. The Morgan fingerprint density at radius 2 is 2.00 bits per heavy atom. The number of benzene rings is 1. The van der Waals surface area contributed by atoms with Crippen molar-refractivity contribution in [3.05, 3.63) is 35.9 Å². The lowest BCUT2D eigenvalue weighted by molar-refractivity contribution is -0.131. The molecule has 1 aromatic carbocycles. The van der Waals surface area contributed by atoms with E-state index in [0.717, 1.165) is 24.9 Å². The number of hydrogen-bond donors (Lipinski definition) is 4. The van der Waals surface area contributed by atoms with Crippen LogP contribution in [0.3, 0.4) is 0 Å². The molecule has 0 unspecified atom stereocenters. The molecule has 0 saturated carbocycles. The molecule has 1 aliphatic heterocycles. The molecule has 1 saturated heterocycles. The van der Waals surface area contributed by atoms with Crippen LogP contribution in [0.25, 0.3) is 0 Å². The van der Waals surface area contributed by atoms with Crippen molar-refractivity contribution < 1.29 is 14.4 Å². The van der Waals surface area contributed by atoms with E-state index in [4.69, 9.17) is 5.73 Å². The standard InChI is InChI=1S/C16H22N4O3/c17-15(22)13(20-16(23)12-7-4-8-18-12)9-14(21)19-10-11-5-2-1-3-6-11/h1-3,5-6,12-13,18H,4,7-10H2,(H2,17,22)(H,19,21)(H,20,23)/t12-,13-/m0/s1. The van der Waals surface area contributed by atoms with Gasteiger partial charge in [0.1, 0.15) is 6.04 Å². The zero-order valence-electron chi connectivity index (χ0n) is 12.9. The fourth-order valence-corrected chi connectivity index (χ4v) is 2.46. The highest BCUT2D eigenvalue weighted by atomic mass is 16.2. The summed E-state index contributed by atoms with van der Waals surface area (Å²) in [7, 11) is 0. The maximum absolute atomic E-state index is 12.0. The fourth-order valence-electron chi connectivity index (χ4n) is 2.46. The molecule has 1 aliphatic rings. The van der Waals surface area contributed by atoms with Crippen LogP contribution in [0.2, 0.25) is 0 Å². The molecular formula is C16H22N4O3. The van der Waals surface area contributed by atoms with Crippen LogP contribution in [-0.4, -0.2) is 36.3 Å². The van der Waals surface area contributed by atoms with E-state index in [1.807, 2.05) is 30.3 Å². The summed E-state index contributed by atoms with van der Waals surface area (Å²) in [6, 6.07) is 8.11. The first-order valence-electron chi connectivity index (χ1n) is 7.70. The Labute approximate surface area is 135 Å². The van der Waals surface area contributed by atoms with Gasteiger partial charge < -0.3 is 21.7 Å². The molecule has 0 bridgehead atoms. The molecule has 0 aliphatic carbocycles. The number of nitrogens with two attached hydrogens (primary N) is 1. The van der Waals surface area contributed by atoms with Crippen molar-refractivity contribution in [2.75, 3.05) is 6.54 Å². The Morgan fingerprint density at radius 3 is 2.61 bits per heavy atom. The van der Waals surface area contributed by atoms with Crippen molar-refractivity contribution in [1.82, 2.24) is 16.0 Å². The first kappa shape index (κ1) is 17.0. The monoisotopic (exact) mass is 318 g/mol. The van der Waals surface area contributed by atoms with Gasteiger partial charge in [-0.25, -0.2) is 0 Å². The molecule has 0 radical (unpaired) electrons. The first-order valence-corrected chi connectivity index (χ1v) is 7.70. The van der Waals surface area contributed by atoms with Gasteiger partial charge in [-0.2, -0.15) is 0 Å². The van der Waals surface area contributed by atoms with E-state index in [1.54, 1.807) is 0 Å². The quantitative estimate of drug-likeness (QED) is 0.538. The van der Waals surface area contributed by atoms with Crippen LogP contribution in [0.5, 0.6) is 0 Å². The van der Waals surface area contributed by atoms with Crippen LogP contribution < -0.4 is 21.7 Å². The van der Waals surface area contributed by atoms with Gasteiger partial charge in [-0.15, -0.1) is 0 Å². The normalized spacial score (nSPS) is 18.2. The predicted octanol–water partition coefficient (Wildman–Crippen LogP) is -0.585. The van der Waals surface area contributed by atoms with Gasteiger partial charge in [0.2, 0.25) is 17.7 Å². The number of amides is 3. The highest BCUT2D eigenvalue weighted by Crippen LogP contribution is 2.06. The number of carbonyl (C=O) groups is 3. The van der Waals surface area contributed by atoms with Crippen molar-refractivity contribution in [2.45, 2.75) is 37.9 Å². The second kappa shape index (κ2) is 8.28. The molecule has 1 heterocycles. The van der Waals surface area contributed by atoms with Gasteiger partial charge in [-0.3, -0.25) is 14.4 Å². The number of hydrogen-bond acceptors (Lipinski definition) is 4. The molecular weight excluding hydrogens is 296 g/mol. The van der Waals surface area contributed by atoms with Crippen molar-refractivity contribution in [3.8, 4) is 0 Å². The Kier molecular flexibility index (Phi) is 6.10. The van der Waals surface area contributed by atoms with E-state index >= 15 is 0 Å². The first-order chi connectivity index (χ1) is 11.1. The summed E-state index contributed by atoms with van der Waals surface area (Å²) in [5, 5.41) is 8.30. The fraction of sp³-hybridized carbons (Fsp3) is 0.438. The van der Waals surface area contributed by atoms with Gasteiger partial charge in [0, 0.05) is 6.54 Å². The highest BCUT2D eigenvalue weighted by Gasteiger charge is 2.27. The van der Waals surface area contributed by atoms with E-state index in [-0.39, 0.29) is 24.3 Å². The highest BCUT2D eigenvalue weighted by molar-refractivity contribution is 5.92. The molecule has 7 heteroatoms. The van der Waals surface area contributed by atoms with Crippen molar-refractivity contribution >= 4 is 17.7 Å². The minimum absolute atomic E-state index is 0.166. The molecule has 23 heavy (non-hydrogen) atoms. The Hall–Kier alpha value is -2.41.